The highest BCUT2D eigenvalue weighted by Crippen LogP contribution is 2.27. The molecule has 0 radical (unpaired) electrons. The minimum absolute atomic E-state index is 0.0185. The Labute approximate surface area is 156 Å². The number of nitrogens with one attached hydrogen (secondary N) is 1. The van der Waals surface area contributed by atoms with Crippen LogP contribution in [-0.2, 0) is 16.6 Å². The van der Waals surface area contributed by atoms with Gasteiger partial charge in [0.05, 0.1) is 4.92 Å². The van der Waals surface area contributed by atoms with Crippen molar-refractivity contribution in [3.8, 4) is 0 Å². The Kier molecular flexibility index (Phi) is 5.40. The molecule has 0 saturated carbocycles. The molecule has 0 aliphatic carbocycles. The monoisotopic (exact) mass is 396 g/mol. The molecule has 1 aromatic carbocycles. The van der Waals surface area contributed by atoms with E-state index in [1.165, 1.54) is 6.07 Å². The first-order valence-corrected chi connectivity index (χ1v) is 9.86. The molecular formula is C16H17ClN4O4S. The fourth-order valence-electron chi connectivity index (χ4n) is 2.77. The van der Waals surface area contributed by atoms with Crippen molar-refractivity contribution in [1.29, 1.82) is 0 Å². The summed E-state index contributed by atoms with van der Waals surface area (Å²) in [6.07, 6.45) is 3.89. The molecule has 3 rings (SSSR count). The third-order valence-corrected chi connectivity index (χ3v) is 5.80. The molecule has 0 bridgehead atoms. The molecule has 1 N–H and O–H groups in total. The van der Waals surface area contributed by atoms with Gasteiger partial charge in [-0.15, -0.1) is 0 Å². The van der Waals surface area contributed by atoms with Gasteiger partial charge in [-0.3, -0.25) is 10.1 Å². The molecule has 8 nitrogen and oxygen atoms in total. The van der Waals surface area contributed by atoms with E-state index >= 15 is 0 Å². The molecule has 0 amide bonds. The quantitative estimate of drug-likeness (QED) is 0.594. The van der Waals surface area contributed by atoms with Crippen LogP contribution in [0.3, 0.4) is 0 Å². The van der Waals surface area contributed by atoms with Gasteiger partial charge in [-0.2, -0.15) is 0 Å². The van der Waals surface area contributed by atoms with E-state index in [-0.39, 0.29) is 11.6 Å². The van der Waals surface area contributed by atoms with Crippen molar-refractivity contribution >= 4 is 33.1 Å². The SMILES string of the molecule is O=[N+]([O-])c1cc(Cl)ccc1S(=O)(=O)NCc1ccc(N2CCCC2)nc1. The minimum atomic E-state index is -4.07. The zero-order valence-corrected chi connectivity index (χ0v) is 15.3. The number of benzene rings is 1. The number of sulfonamides is 1. The van der Waals surface area contributed by atoms with E-state index in [0.717, 1.165) is 43.9 Å². The summed E-state index contributed by atoms with van der Waals surface area (Å²) in [5, 5.41) is 11.2. The summed E-state index contributed by atoms with van der Waals surface area (Å²) in [6.45, 7) is 1.92. The van der Waals surface area contributed by atoms with E-state index in [2.05, 4.69) is 14.6 Å². The number of pyridine rings is 1. The van der Waals surface area contributed by atoms with Gasteiger partial charge >= 0.3 is 0 Å². The standard InChI is InChI=1S/C16H17ClN4O4S/c17-13-4-5-15(14(9-13)21(22)23)26(24,25)19-11-12-3-6-16(18-10-12)20-7-1-2-8-20/h3-6,9-10,19H,1-2,7-8,11H2. The predicted octanol–water partition coefficient (Wildman–Crippen LogP) is 2.72. The van der Waals surface area contributed by atoms with E-state index < -0.39 is 25.5 Å². The van der Waals surface area contributed by atoms with Crippen LogP contribution in [0.2, 0.25) is 5.02 Å². The number of rotatable bonds is 6. The van der Waals surface area contributed by atoms with E-state index in [1.807, 2.05) is 6.07 Å². The van der Waals surface area contributed by atoms with Gasteiger partial charge in [0.25, 0.3) is 5.69 Å². The Morgan fingerprint density at radius 3 is 2.58 bits per heavy atom. The van der Waals surface area contributed by atoms with Crippen LogP contribution >= 0.6 is 11.6 Å². The van der Waals surface area contributed by atoms with Crippen molar-refractivity contribution in [2.45, 2.75) is 24.3 Å². The number of halogens is 1. The van der Waals surface area contributed by atoms with Crippen molar-refractivity contribution in [3.63, 3.8) is 0 Å². The van der Waals surface area contributed by atoms with E-state index in [4.69, 9.17) is 11.6 Å². The summed E-state index contributed by atoms with van der Waals surface area (Å²) in [5.41, 5.74) is 0.0978. The summed E-state index contributed by atoms with van der Waals surface area (Å²) in [6, 6.07) is 7.08. The Hall–Kier alpha value is -2.23. The summed E-state index contributed by atoms with van der Waals surface area (Å²) in [4.78, 5) is 16.4. The molecule has 1 fully saturated rings. The Bertz CT molecular complexity index is 912. The molecule has 1 aliphatic rings. The van der Waals surface area contributed by atoms with Gasteiger partial charge in [-0.25, -0.2) is 18.1 Å². The van der Waals surface area contributed by atoms with Gasteiger partial charge in [-0.05, 0) is 36.6 Å². The third-order valence-electron chi connectivity index (χ3n) is 4.11. The molecule has 2 heterocycles. The molecule has 0 spiro atoms. The number of aromatic nitrogens is 1. The summed E-state index contributed by atoms with van der Waals surface area (Å²) < 4.78 is 27.2. The molecular weight excluding hydrogens is 380 g/mol. The van der Waals surface area contributed by atoms with Gasteiger partial charge in [0.15, 0.2) is 4.90 Å². The number of nitro benzene ring substituents is 1. The van der Waals surface area contributed by atoms with Crippen LogP contribution in [0.25, 0.3) is 0 Å². The summed E-state index contributed by atoms with van der Waals surface area (Å²) >= 11 is 5.72. The molecule has 1 aliphatic heterocycles. The number of nitro groups is 1. The lowest BCUT2D eigenvalue weighted by atomic mass is 10.3. The smallest absolute Gasteiger partial charge is 0.290 e. The predicted molar refractivity (Wildman–Crippen MR) is 97.8 cm³/mol. The fraction of sp³-hybridized carbons (Fsp3) is 0.312. The number of hydrogen-bond acceptors (Lipinski definition) is 6. The first kappa shape index (κ1) is 18.6. The van der Waals surface area contributed by atoms with Crippen molar-refractivity contribution < 1.29 is 13.3 Å². The Morgan fingerprint density at radius 2 is 1.96 bits per heavy atom. The zero-order chi connectivity index (χ0) is 18.7. The highest BCUT2D eigenvalue weighted by Gasteiger charge is 2.26. The van der Waals surface area contributed by atoms with Crippen LogP contribution in [0, 0.1) is 10.1 Å². The summed E-state index contributed by atoms with van der Waals surface area (Å²) in [7, 11) is -4.07. The number of nitrogens with zero attached hydrogens (tertiary/aromatic N) is 3. The lowest BCUT2D eigenvalue weighted by molar-refractivity contribution is -0.387. The van der Waals surface area contributed by atoms with Gasteiger partial charge in [0.2, 0.25) is 10.0 Å². The van der Waals surface area contributed by atoms with Crippen molar-refractivity contribution in [2.24, 2.45) is 0 Å². The Balaban J connectivity index is 1.73. The van der Waals surface area contributed by atoms with Crippen molar-refractivity contribution in [1.82, 2.24) is 9.71 Å². The average molecular weight is 397 g/mol. The van der Waals surface area contributed by atoms with Gasteiger partial charge in [0.1, 0.15) is 5.82 Å². The third kappa shape index (κ3) is 4.12. The first-order valence-electron chi connectivity index (χ1n) is 8.00. The van der Waals surface area contributed by atoms with Crippen LogP contribution in [-0.4, -0.2) is 31.4 Å². The fourth-order valence-corrected chi connectivity index (χ4v) is 4.11. The molecule has 26 heavy (non-hydrogen) atoms. The average Bonchev–Trinajstić information content (AvgIpc) is 3.15. The molecule has 10 heteroatoms. The Morgan fingerprint density at radius 1 is 1.23 bits per heavy atom. The largest absolute Gasteiger partial charge is 0.357 e. The van der Waals surface area contributed by atoms with Crippen molar-refractivity contribution in [2.75, 3.05) is 18.0 Å². The maximum atomic E-state index is 12.4. The van der Waals surface area contributed by atoms with Crippen LogP contribution in [0.4, 0.5) is 11.5 Å². The highest BCUT2D eigenvalue weighted by molar-refractivity contribution is 7.89. The lowest BCUT2D eigenvalue weighted by Crippen LogP contribution is -2.24. The normalized spacial score (nSPS) is 14.6. The maximum absolute atomic E-state index is 12.4. The zero-order valence-electron chi connectivity index (χ0n) is 13.8. The molecule has 1 aromatic heterocycles. The molecule has 0 unspecified atom stereocenters. The van der Waals surface area contributed by atoms with Gasteiger partial charge in [0, 0.05) is 36.9 Å². The molecule has 138 valence electrons. The van der Waals surface area contributed by atoms with Gasteiger partial charge < -0.3 is 4.90 Å². The first-order chi connectivity index (χ1) is 12.4. The second kappa shape index (κ2) is 7.56. The van der Waals surface area contributed by atoms with E-state index in [0.29, 0.717) is 5.56 Å². The van der Waals surface area contributed by atoms with Crippen molar-refractivity contribution in [3.05, 3.63) is 57.2 Å². The number of hydrogen-bond donors (Lipinski definition) is 1. The van der Waals surface area contributed by atoms with E-state index in [1.54, 1.807) is 12.3 Å². The second-order valence-electron chi connectivity index (χ2n) is 5.91. The van der Waals surface area contributed by atoms with E-state index in [9.17, 15) is 18.5 Å². The minimum Gasteiger partial charge on any atom is -0.357 e. The summed E-state index contributed by atoms with van der Waals surface area (Å²) in [5.74, 6) is 0.863. The second-order valence-corrected chi connectivity index (χ2v) is 8.08. The highest BCUT2D eigenvalue weighted by atomic mass is 35.5. The molecule has 0 atom stereocenters. The topological polar surface area (TPSA) is 105 Å². The molecule has 1 saturated heterocycles. The van der Waals surface area contributed by atoms with Crippen LogP contribution in [0.15, 0.2) is 41.4 Å². The lowest BCUT2D eigenvalue weighted by Gasteiger charge is -2.16. The van der Waals surface area contributed by atoms with Crippen LogP contribution in [0.5, 0.6) is 0 Å². The van der Waals surface area contributed by atoms with Crippen LogP contribution < -0.4 is 9.62 Å². The molecule has 2 aromatic rings. The van der Waals surface area contributed by atoms with Gasteiger partial charge in [-0.1, -0.05) is 17.7 Å². The number of anilines is 1. The maximum Gasteiger partial charge on any atom is 0.290 e. The van der Waals surface area contributed by atoms with Crippen LogP contribution in [0.1, 0.15) is 18.4 Å².